The summed E-state index contributed by atoms with van der Waals surface area (Å²) in [7, 11) is 0. The van der Waals surface area contributed by atoms with Gasteiger partial charge in [-0.1, -0.05) is 24.3 Å². The molecule has 1 aliphatic carbocycles. The normalized spacial score (nSPS) is 20.1. The first-order valence-electron chi connectivity index (χ1n) is 6.08. The molecule has 0 saturated carbocycles. The highest BCUT2D eigenvalue weighted by Gasteiger charge is 2.36. The number of benzene rings is 1. The molecule has 6 heteroatoms. The summed E-state index contributed by atoms with van der Waals surface area (Å²) < 4.78 is 0. The van der Waals surface area contributed by atoms with Gasteiger partial charge in [0.2, 0.25) is 5.78 Å². The summed E-state index contributed by atoms with van der Waals surface area (Å²) in [5.74, 6) is -1.92. The number of ketones is 2. The molecule has 0 spiro atoms. The van der Waals surface area contributed by atoms with Gasteiger partial charge in [-0.25, -0.2) is 0 Å². The van der Waals surface area contributed by atoms with Crippen LogP contribution in [0.2, 0.25) is 0 Å². The number of fused-ring (bicyclic) bond motifs is 1. The van der Waals surface area contributed by atoms with Crippen molar-refractivity contribution < 1.29 is 19.5 Å². The molecule has 0 aliphatic heterocycles. The minimum Gasteiger partial charge on any atom is -0.550 e. The number of carboxylic acids is 1. The largest absolute Gasteiger partial charge is 0.550 e. The Morgan fingerprint density at radius 3 is 2.55 bits per heavy atom. The minimum atomic E-state index is -1.18. The van der Waals surface area contributed by atoms with Gasteiger partial charge in [-0.05, 0) is 12.8 Å². The molecule has 20 heavy (non-hydrogen) atoms. The van der Waals surface area contributed by atoms with Crippen molar-refractivity contribution in [2.75, 3.05) is 6.54 Å². The second-order valence-electron chi connectivity index (χ2n) is 4.34. The Balaban J connectivity index is 2.23. The summed E-state index contributed by atoms with van der Waals surface area (Å²) in [5, 5.41) is 9.18. The number of carbonyl (C=O) groups is 3. The predicted molar refractivity (Wildman–Crippen MR) is 71.3 cm³/mol. The number of hydrogen-bond acceptors (Lipinski definition) is 5. The minimum absolute atomic E-state index is 0.0197. The Kier molecular flexibility index (Phi) is 4.29. The maximum Gasteiger partial charge on any atom is 0.209 e. The summed E-state index contributed by atoms with van der Waals surface area (Å²) in [6.45, 7) is 0.119. The lowest BCUT2D eigenvalue weighted by molar-refractivity contribution is -0.305. The summed E-state index contributed by atoms with van der Waals surface area (Å²) in [4.78, 5) is 38.5. The van der Waals surface area contributed by atoms with Crippen molar-refractivity contribution in [2.24, 2.45) is 4.99 Å². The summed E-state index contributed by atoms with van der Waals surface area (Å²) in [6, 6.07) is 6.43. The van der Waals surface area contributed by atoms with Crippen LogP contribution in [0.3, 0.4) is 0 Å². The maximum atomic E-state index is 12.2. The molecule has 1 aromatic carbocycles. The van der Waals surface area contributed by atoms with Gasteiger partial charge in [0.1, 0.15) is 11.1 Å². The molecule has 1 aromatic rings. The average molecular weight is 293 g/mol. The van der Waals surface area contributed by atoms with Gasteiger partial charge in [0.05, 0.1) is 0 Å². The molecule has 0 heterocycles. The molecule has 0 aromatic heterocycles. The van der Waals surface area contributed by atoms with Gasteiger partial charge in [-0.15, -0.1) is 11.6 Å². The van der Waals surface area contributed by atoms with Crippen LogP contribution < -0.4 is 5.11 Å². The van der Waals surface area contributed by atoms with Crippen LogP contribution in [0.1, 0.15) is 33.6 Å². The standard InChI is InChI=1S/C14H12ClNO4/c15-11-12(16-7-3-6-10(17)18)14(20)9-5-2-1-4-8(9)13(11)19/h1-2,4-5,11H,3,6-7H2,(H,17,18)/p-1. The van der Waals surface area contributed by atoms with Crippen molar-refractivity contribution in [3.63, 3.8) is 0 Å². The Bertz CT molecular complexity index is 609. The lowest BCUT2D eigenvalue weighted by atomic mass is 9.88. The maximum absolute atomic E-state index is 12.2. The highest BCUT2D eigenvalue weighted by Crippen LogP contribution is 2.23. The van der Waals surface area contributed by atoms with Gasteiger partial charge in [-0.2, -0.15) is 0 Å². The van der Waals surface area contributed by atoms with E-state index in [0.717, 1.165) is 0 Å². The zero-order valence-corrected chi connectivity index (χ0v) is 11.2. The fourth-order valence-corrected chi connectivity index (χ4v) is 2.27. The molecule has 104 valence electrons. The first-order valence-corrected chi connectivity index (χ1v) is 6.52. The number of nitrogens with zero attached hydrogens (tertiary/aromatic N) is 1. The van der Waals surface area contributed by atoms with E-state index in [4.69, 9.17) is 11.6 Å². The first-order chi connectivity index (χ1) is 9.52. The van der Waals surface area contributed by atoms with E-state index in [0.29, 0.717) is 5.56 Å². The highest BCUT2D eigenvalue weighted by molar-refractivity contribution is 6.64. The van der Waals surface area contributed by atoms with E-state index in [2.05, 4.69) is 4.99 Å². The zero-order chi connectivity index (χ0) is 14.7. The van der Waals surface area contributed by atoms with Gasteiger partial charge in [0.25, 0.3) is 0 Å². The van der Waals surface area contributed by atoms with Gasteiger partial charge in [0, 0.05) is 23.6 Å². The third kappa shape index (κ3) is 2.77. The Morgan fingerprint density at radius 1 is 1.25 bits per heavy atom. The van der Waals surface area contributed by atoms with Gasteiger partial charge in [-0.3, -0.25) is 14.6 Å². The van der Waals surface area contributed by atoms with Crippen LogP contribution in [0.5, 0.6) is 0 Å². The number of halogens is 1. The van der Waals surface area contributed by atoms with E-state index in [1.165, 1.54) is 0 Å². The topological polar surface area (TPSA) is 86.6 Å². The van der Waals surface area contributed by atoms with E-state index in [1.54, 1.807) is 24.3 Å². The van der Waals surface area contributed by atoms with Crippen molar-refractivity contribution in [3.8, 4) is 0 Å². The van der Waals surface area contributed by atoms with Crippen LogP contribution >= 0.6 is 11.6 Å². The summed E-state index contributed by atoms with van der Waals surface area (Å²) >= 11 is 5.97. The smallest absolute Gasteiger partial charge is 0.209 e. The number of alkyl halides is 1. The number of carboxylic acid groups (broad SMARTS) is 1. The van der Waals surface area contributed by atoms with E-state index in [9.17, 15) is 19.5 Å². The second kappa shape index (κ2) is 5.96. The molecule has 0 radical (unpaired) electrons. The molecular formula is C14H11ClNO4-. The SMILES string of the molecule is O=C([O-])CCCN=C1C(=O)c2ccccc2C(=O)C1Cl. The van der Waals surface area contributed by atoms with Crippen molar-refractivity contribution in [2.45, 2.75) is 18.2 Å². The number of Topliss-reactive ketones (excluding diaryl/α,β-unsaturated/α-hetero) is 2. The predicted octanol–water partition coefficient (Wildman–Crippen LogP) is 0.644. The third-order valence-electron chi connectivity index (χ3n) is 2.96. The highest BCUT2D eigenvalue weighted by atomic mass is 35.5. The van der Waals surface area contributed by atoms with E-state index < -0.39 is 11.3 Å². The van der Waals surface area contributed by atoms with Crippen LogP contribution in [0.15, 0.2) is 29.3 Å². The van der Waals surface area contributed by atoms with Crippen LogP contribution in [0.25, 0.3) is 0 Å². The van der Waals surface area contributed by atoms with Crippen LogP contribution in [-0.2, 0) is 4.79 Å². The molecule has 0 amide bonds. The Morgan fingerprint density at radius 2 is 1.90 bits per heavy atom. The molecule has 2 rings (SSSR count). The lowest BCUT2D eigenvalue weighted by Crippen LogP contribution is -2.38. The fraction of sp³-hybridized carbons (Fsp3) is 0.286. The molecule has 1 unspecified atom stereocenters. The number of hydrogen-bond donors (Lipinski definition) is 0. The first kappa shape index (κ1) is 14.4. The molecular weight excluding hydrogens is 282 g/mol. The number of aliphatic imine (C=N–C) groups is 1. The van der Waals surface area contributed by atoms with Crippen LogP contribution in [-0.4, -0.2) is 35.2 Å². The Hall–Kier alpha value is -2.01. The molecule has 0 N–H and O–H groups in total. The fourth-order valence-electron chi connectivity index (χ4n) is 1.98. The summed E-state index contributed by atoms with van der Waals surface area (Å²) in [5.41, 5.74) is 0.563. The van der Waals surface area contributed by atoms with Crippen molar-refractivity contribution in [3.05, 3.63) is 35.4 Å². The third-order valence-corrected chi connectivity index (χ3v) is 3.37. The van der Waals surface area contributed by atoms with Crippen LogP contribution in [0, 0.1) is 0 Å². The van der Waals surface area contributed by atoms with Gasteiger partial charge < -0.3 is 9.90 Å². The average Bonchev–Trinajstić information content (AvgIpc) is 2.44. The molecule has 0 bridgehead atoms. The van der Waals surface area contributed by atoms with Crippen molar-refractivity contribution >= 4 is 34.8 Å². The van der Waals surface area contributed by atoms with Crippen molar-refractivity contribution in [1.29, 1.82) is 0 Å². The molecule has 1 atom stereocenters. The van der Waals surface area contributed by atoms with E-state index in [-0.39, 0.29) is 42.2 Å². The monoisotopic (exact) mass is 292 g/mol. The van der Waals surface area contributed by atoms with Gasteiger partial charge >= 0.3 is 0 Å². The number of aliphatic carboxylic acids is 1. The van der Waals surface area contributed by atoms with E-state index in [1.807, 2.05) is 0 Å². The number of carbonyl (C=O) groups excluding carboxylic acids is 3. The second-order valence-corrected chi connectivity index (χ2v) is 4.78. The quantitative estimate of drug-likeness (QED) is 0.602. The molecule has 1 aliphatic rings. The number of rotatable bonds is 4. The van der Waals surface area contributed by atoms with E-state index >= 15 is 0 Å². The van der Waals surface area contributed by atoms with Crippen molar-refractivity contribution in [1.82, 2.24) is 0 Å². The lowest BCUT2D eigenvalue weighted by Gasteiger charge is -2.19. The van der Waals surface area contributed by atoms with Gasteiger partial charge in [0.15, 0.2) is 5.78 Å². The van der Waals surface area contributed by atoms with Crippen LogP contribution in [0.4, 0.5) is 0 Å². The molecule has 0 fully saturated rings. The Labute approximate surface area is 120 Å². The summed E-state index contributed by atoms with van der Waals surface area (Å²) in [6.07, 6.45) is 0.0843. The zero-order valence-electron chi connectivity index (χ0n) is 10.5. The molecule has 0 saturated heterocycles. The molecule has 5 nitrogen and oxygen atoms in total.